The second kappa shape index (κ2) is 3.09. The maximum absolute atomic E-state index is 12.7. The molecule has 1 heterocycles. The molecule has 2 aromatic carbocycles. The lowest BCUT2D eigenvalue weighted by Gasteiger charge is -1.94. The normalized spacial score (nSPS) is 11.3. The van der Waals surface area contributed by atoms with Crippen molar-refractivity contribution in [3.63, 3.8) is 0 Å². The van der Waals surface area contributed by atoms with Crippen LogP contribution in [0.4, 0.5) is 4.39 Å². The molecule has 1 aromatic heterocycles. The van der Waals surface area contributed by atoms with Crippen LogP contribution in [0.15, 0.2) is 46.9 Å². The van der Waals surface area contributed by atoms with Crippen molar-refractivity contribution in [3.8, 4) is 0 Å². The summed E-state index contributed by atoms with van der Waals surface area (Å²) >= 11 is 0. The van der Waals surface area contributed by atoms with Gasteiger partial charge in [0.1, 0.15) is 17.8 Å². The number of fused-ring (bicyclic) bond motifs is 3. The first kappa shape index (κ1) is 8.48. The van der Waals surface area contributed by atoms with Gasteiger partial charge in [0.05, 0.1) is 0 Å². The van der Waals surface area contributed by atoms with E-state index >= 15 is 0 Å². The molecule has 0 aliphatic heterocycles. The summed E-state index contributed by atoms with van der Waals surface area (Å²) in [5.41, 5.74) is 2.10. The van der Waals surface area contributed by atoms with Gasteiger partial charge in [-0.3, -0.25) is 0 Å². The van der Waals surface area contributed by atoms with Crippen molar-refractivity contribution in [1.29, 1.82) is 0 Å². The van der Waals surface area contributed by atoms with Crippen LogP contribution < -0.4 is 0 Å². The van der Waals surface area contributed by atoms with Crippen molar-refractivity contribution < 1.29 is 8.81 Å². The highest BCUT2D eigenvalue weighted by Crippen LogP contribution is 2.30. The number of furan rings is 1. The van der Waals surface area contributed by atoms with E-state index in [-0.39, 0.29) is 0 Å². The Morgan fingerprint density at radius 2 is 1.73 bits per heavy atom. The summed E-state index contributed by atoms with van der Waals surface area (Å²) in [6, 6.07) is 13.3. The number of alkyl halides is 1. The van der Waals surface area contributed by atoms with E-state index in [2.05, 4.69) is 0 Å². The Bertz CT molecular complexity index is 625. The molecule has 0 amide bonds. The monoisotopic (exact) mass is 200 g/mol. The second-order valence-corrected chi connectivity index (χ2v) is 3.53. The fourth-order valence-electron chi connectivity index (χ4n) is 1.91. The zero-order valence-electron chi connectivity index (χ0n) is 8.03. The number of hydrogen-bond donors (Lipinski definition) is 0. The number of para-hydroxylation sites is 2. The Balaban J connectivity index is 2.53. The average Bonchev–Trinajstić information content (AvgIpc) is 2.67. The van der Waals surface area contributed by atoms with Gasteiger partial charge in [0.15, 0.2) is 0 Å². The summed E-state index contributed by atoms with van der Waals surface area (Å²) < 4.78 is 18.4. The van der Waals surface area contributed by atoms with E-state index in [0.717, 1.165) is 16.4 Å². The van der Waals surface area contributed by atoms with Gasteiger partial charge in [0.2, 0.25) is 0 Å². The lowest BCUT2D eigenvalue weighted by Crippen LogP contribution is -1.77. The molecule has 0 aliphatic carbocycles. The summed E-state index contributed by atoms with van der Waals surface area (Å²) in [6.45, 7) is -0.489. The number of hydrogen-bond acceptors (Lipinski definition) is 1. The van der Waals surface area contributed by atoms with E-state index < -0.39 is 6.67 Å². The topological polar surface area (TPSA) is 13.1 Å². The SMILES string of the molecule is FCc1cccc2c1oc1ccccc12. The van der Waals surface area contributed by atoms with Crippen molar-refractivity contribution in [2.75, 3.05) is 0 Å². The van der Waals surface area contributed by atoms with E-state index in [9.17, 15) is 4.39 Å². The van der Waals surface area contributed by atoms with Gasteiger partial charge in [0, 0.05) is 16.3 Å². The van der Waals surface area contributed by atoms with Crippen LogP contribution >= 0.6 is 0 Å². The van der Waals surface area contributed by atoms with Crippen LogP contribution in [0.25, 0.3) is 21.9 Å². The van der Waals surface area contributed by atoms with E-state index in [1.165, 1.54) is 0 Å². The Kier molecular flexibility index (Phi) is 1.75. The molecular weight excluding hydrogens is 191 g/mol. The first-order chi connectivity index (χ1) is 7.40. The maximum atomic E-state index is 12.7. The van der Waals surface area contributed by atoms with Crippen LogP contribution in [0.2, 0.25) is 0 Å². The maximum Gasteiger partial charge on any atom is 0.141 e. The second-order valence-electron chi connectivity index (χ2n) is 3.53. The molecule has 0 N–H and O–H groups in total. The van der Waals surface area contributed by atoms with Gasteiger partial charge in [-0.05, 0) is 6.07 Å². The molecule has 3 rings (SSSR count). The van der Waals surface area contributed by atoms with Crippen LogP contribution in [0.1, 0.15) is 5.56 Å². The molecule has 2 heteroatoms. The van der Waals surface area contributed by atoms with Crippen LogP contribution in [0, 0.1) is 0 Å². The van der Waals surface area contributed by atoms with Crippen molar-refractivity contribution >= 4 is 21.9 Å². The minimum absolute atomic E-state index is 0.489. The highest BCUT2D eigenvalue weighted by atomic mass is 19.1. The molecule has 15 heavy (non-hydrogen) atoms. The van der Waals surface area contributed by atoms with Gasteiger partial charge < -0.3 is 4.42 Å². The fourth-order valence-corrected chi connectivity index (χ4v) is 1.91. The first-order valence-corrected chi connectivity index (χ1v) is 4.85. The summed E-state index contributed by atoms with van der Waals surface area (Å²) in [5, 5.41) is 2.03. The highest BCUT2D eigenvalue weighted by molar-refractivity contribution is 6.05. The van der Waals surface area contributed by atoms with Gasteiger partial charge in [0.25, 0.3) is 0 Å². The minimum Gasteiger partial charge on any atom is -0.456 e. The fraction of sp³-hybridized carbons (Fsp3) is 0.0769. The number of benzene rings is 2. The van der Waals surface area contributed by atoms with Gasteiger partial charge in [-0.1, -0.05) is 36.4 Å². The largest absolute Gasteiger partial charge is 0.456 e. The molecule has 0 saturated carbocycles. The lowest BCUT2D eigenvalue weighted by molar-refractivity contribution is 0.482. The average molecular weight is 200 g/mol. The van der Waals surface area contributed by atoms with Crippen molar-refractivity contribution in [1.82, 2.24) is 0 Å². The van der Waals surface area contributed by atoms with Gasteiger partial charge in [-0.2, -0.15) is 0 Å². The Morgan fingerprint density at radius 3 is 2.60 bits per heavy atom. The van der Waals surface area contributed by atoms with Crippen molar-refractivity contribution in [2.24, 2.45) is 0 Å². The molecule has 0 bridgehead atoms. The third-order valence-electron chi connectivity index (χ3n) is 2.63. The van der Waals surface area contributed by atoms with Crippen molar-refractivity contribution in [2.45, 2.75) is 6.67 Å². The lowest BCUT2D eigenvalue weighted by atomic mass is 10.1. The molecule has 0 spiro atoms. The van der Waals surface area contributed by atoms with Gasteiger partial charge in [-0.25, -0.2) is 4.39 Å². The third-order valence-corrected chi connectivity index (χ3v) is 2.63. The van der Waals surface area contributed by atoms with Crippen LogP contribution in [0.3, 0.4) is 0 Å². The van der Waals surface area contributed by atoms with Gasteiger partial charge >= 0.3 is 0 Å². The molecule has 0 fully saturated rings. The summed E-state index contributed by atoms with van der Waals surface area (Å²) in [6.07, 6.45) is 0. The molecule has 3 aromatic rings. The molecule has 74 valence electrons. The molecular formula is C13H9FO. The van der Waals surface area contributed by atoms with E-state index in [1.54, 1.807) is 6.07 Å². The standard InChI is InChI=1S/C13H9FO/c14-8-9-4-3-6-11-10-5-1-2-7-12(10)15-13(9)11/h1-7H,8H2. The van der Waals surface area contributed by atoms with Crippen LogP contribution in [-0.4, -0.2) is 0 Å². The first-order valence-electron chi connectivity index (χ1n) is 4.85. The minimum atomic E-state index is -0.489. The Labute approximate surface area is 86.1 Å². The van der Waals surface area contributed by atoms with Crippen molar-refractivity contribution in [3.05, 3.63) is 48.0 Å². The number of rotatable bonds is 1. The molecule has 1 nitrogen and oxygen atoms in total. The Hall–Kier alpha value is -1.83. The van der Waals surface area contributed by atoms with E-state index in [4.69, 9.17) is 4.42 Å². The highest BCUT2D eigenvalue weighted by Gasteiger charge is 2.08. The zero-order chi connectivity index (χ0) is 10.3. The molecule has 0 radical (unpaired) electrons. The summed E-state index contributed by atoms with van der Waals surface area (Å²) in [4.78, 5) is 0. The van der Waals surface area contributed by atoms with Crippen LogP contribution in [0.5, 0.6) is 0 Å². The number of halogens is 1. The van der Waals surface area contributed by atoms with Crippen LogP contribution in [-0.2, 0) is 6.67 Å². The smallest absolute Gasteiger partial charge is 0.141 e. The molecule has 0 aliphatic rings. The Morgan fingerprint density at radius 1 is 0.933 bits per heavy atom. The molecule has 0 atom stereocenters. The quantitative estimate of drug-likeness (QED) is 0.577. The predicted molar refractivity (Wildman–Crippen MR) is 58.5 cm³/mol. The van der Waals surface area contributed by atoms with Gasteiger partial charge in [-0.15, -0.1) is 0 Å². The zero-order valence-corrected chi connectivity index (χ0v) is 8.03. The van der Waals surface area contributed by atoms with E-state index in [1.807, 2.05) is 36.4 Å². The summed E-state index contributed by atoms with van der Waals surface area (Å²) in [7, 11) is 0. The summed E-state index contributed by atoms with van der Waals surface area (Å²) in [5.74, 6) is 0. The third kappa shape index (κ3) is 1.14. The molecule has 0 saturated heterocycles. The molecule has 0 unspecified atom stereocenters. The predicted octanol–water partition coefficient (Wildman–Crippen LogP) is 4.06. The van der Waals surface area contributed by atoms with E-state index in [0.29, 0.717) is 11.1 Å².